The van der Waals surface area contributed by atoms with E-state index in [-0.39, 0.29) is 94.9 Å². The number of likely N-dealkylation sites (tertiary alicyclic amines) is 1. The van der Waals surface area contributed by atoms with Gasteiger partial charge in [0.2, 0.25) is 35.4 Å². The monoisotopic (exact) mass is 1080 g/mol. The highest BCUT2D eigenvalue weighted by Gasteiger charge is 2.39. The number of nitrogens with two attached hydrogens (primary N) is 8. The van der Waals surface area contributed by atoms with Crippen molar-refractivity contribution in [2.75, 3.05) is 52.4 Å². The molecule has 1 saturated heterocycles. The summed E-state index contributed by atoms with van der Waals surface area (Å²) in [6.07, 6.45) is 1.51. The maximum Gasteiger partial charge on any atom is 0.352 e. The number of hydrogen-bond donors (Lipinski definition) is 16. The van der Waals surface area contributed by atoms with E-state index in [1.54, 1.807) is 0 Å². The van der Waals surface area contributed by atoms with Gasteiger partial charge in [0.25, 0.3) is 11.8 Å². The predicted molar refractivity (Wildman–Crippen MR) is 278 cm³/mol. The van der Waals surface area contributed by atoms with Gasteiger partial charge in [-0.1, -0.05) is 30.7 Å². The highest BCUT2D eigenvalue weighted by atomic mass is 19.1. The molecule has 28 nitrogen and oxygen atoms in total. The van der Waals surface area contributed by atoms with E-state index in [1.165, 1.54) is 24.3 Å². The van der Waals surface area contributed by atoms with Crippen molar-refractivity contribution in [1.29, 1.82) is 0 Å². The molecule has 0 bridgehead atoms. The van der Waals surface area contributed by atoms with E-state index in [4.69, 9.17) is 45.9 Å². The molecule has 0 aromatic heterocycles. The molecule has 2 rings (SSSR count). The zero-order valence-electron chi connectivity index (χ0n) is 42.7. The Morgan fingerprint density at radius 3 is 2.03 bits per heavy atom. The lowest BCUT2D eigenvalue weighted by Crippen LogP contribution is -2.61. The number of aliphatic carboxylic acids is 1. The van der Waals surface area contributed by atoms with Gasteiger partial charge in [0, 0.05) is 26.1 Å². The Hall–Kier alpha value is -7.02. The Morgan fingerprint density at radius 1 is 0.763 bits per heavy atom. The van der Waals surface area contributed by atoms with Crippen molar-refractivity contribution in [2.45, 2.75) is 126 Å². The van der Waals surface area contributed by atoms with Crippen LogP contribution in [0.2, 0.25) is 0 Å². The Labute approximate surface area is 439 Å². The van der Waals surface area contributed by atoms with Crippen LogP contribution >= 0.6 is 0 Å². The number of aliphatic hydroxyl groups excluding tert-OH is 1. The van der Waals surface area contributed by atoms with Crippen LogP contribution in [0.1, 0.15) is 82.6 Å². The third kappa shape index (κ3) is 22.8. The second-order valence-electron chi connectivity index (χ2n) is 17.7. The van der Waals surface area contributed by atoms with Crippen LogP contribution in [0.3, 0.4) is 0 Å². The molecule has 76 heavy (non-hydrogen) atoms. The van der Waals surface area contributed by atoms with Crippen LogP contribution in [-0.2, 0) is 49.6 Å². The van der Waals surface area contributed by atoms with E-state index in [2.05, 4.69) is 41.9 Å². The summed E-state index contributed by atoms with van der Waals surface area (Å²) in [5, 5.41) is 34.8. The smallest absolute Gasteiger partial charge is 0.352 e. The van der Waals surface area contributed by atoms with Crippen molar-refractivity contribution in [3.8, 4) is 0 Å². The largest absolute Gasteiger partial charge is 0.477 e. The summed E-state index contributed by atoms with van der Waals surface area (Å²) in [5.41, 5.74) is 44.0. The molecule has 7 atom stereocenters. The molecule has 1 aromatic rings. The number of aliphatic hydroxyl groups is 1. The van der Waals surface area contributed by atoms with Crippen molar-refractivity contribution >= 4 is 64.9 Å². The molecule has 0 aliphatic carbocycles. The van der Waals surface area contributed by atoms with Gasteiger partial charge in [-0.25, -0.2) is 14.2 Å². The Kier molecular flexibility index (Phi) is 30.2. The third-order valence-corrected chi connectivity index (χ3v) is 11.8. The summed E-state index contributed by atoms with van der Waals surface area (Å²) in [6, 6.07) is -2.78. The van der Waals surface area contributed by atoms with E-state index < -0.39 is 127 Å². The first kappa shape index (κ1) is 65.1. The van der Waals surface area contributed by atoms with E-state index in [9.17, 15) is 53.4 Å². The molecule has 1 aliphatic heterocycles. The Bertz CT molecular complexity index is 2210. The lowest BCUT2D eigenvalue weighted by molar-refractivity contribution is -0.137. The van der Waals surface area contributed by atoms with Crippen LogP contribution < -0.4 is 77.8 Å². The molecule has 0 radical (unpaired) electrons. The summed E-state index contributed by atoms with van der Waals surface area (Å²) < 4.78 is 15.1. The summed E-state index contributed by atoms with van der Waals surface area (Å²) in [4.78, 5) is 130. The highest BCUT2D eigenvalue weighted by Crippen LogP contribution is 2.20. The van der Waals surface area contributed by atoms with E-state index in [0.29, 0.717) is 38.6 Å². The molecule has 1 fully saturated rings. The number of benzene rings is 1. The molecule has 24 N–H and O–H groups in total. The van der Waals surface area contributed by atoms with Crippen molar-refractivity contribution in [2.24, 2.45) is 55.9 Å². The van der Waals surface area contributed by atoms with E-state index >= 15 is 4.39 Å². The molecule has 1 aromatic carbocycles. The number of aliphatic imine (C=N–C) groups is 2. The van der Waals surface area contributed by atoms with Gasteiger partial charge >= 0.3 is 5.97 Å². The number of unbranched alkanes of at least 4 members (excludes halogenated alkanes) is 2. The van der Waals surface area contributed by atoms with Gasteiger partial charge < -0.3 is 92.9 Å². The van der Waals surface area contributed by atoms with Gasteiger partial charge in [0.1, 0.15) is 47.4 Å². The van der Waals surface area contributed by atoms with Crippen molar-refractivity contribution in [3.05, 3.63) is 47.4 Å². The molecule has 424 valence electrons. The van der Waals surface area contributed by atoms with Crippen LogP contribution in [0, 0.1) is 5.82 Å². The zero-order chi connectivity index (χ0) is 56.7. The van der Waals surface area contributed by atoms with Crippen LogP contribution in [0.5, 0.6) is 0 Å². The van der Waals surface area contributed by atoms with E-state index in [1.807, 2.05) is 0 Å². The number of carboxylic acid groups (broad SMARTS) is 1. The fourth-order valence-corrected chi connectivity index (χ4v) is 7.68. The number of hydrogen-bond acceptors (Lipinski definition) is 17. The number of carbonyl (C=O) groups is 9. The predicted octanol–water partition coefficient (Wildman–Crippen LogP) is -5.88. The fourth-order valence-electron chi connectivity index (χ4n) is 7.68. The number of halogens is 1. The summed E-state index contributed by atoms with van der Waals surface area (Å²) >= 11 is 0. The minimum Gasteiger partial charge on any atom is -0.477 e. The molecule has 1 aliphatic rings. The topological polar surface area (TPSA) is 502 Å². The van der Waals surface area contributed by atoms with Crippen LogP contribution in [0.15, 0.2) is 46.0 Å². The zero-order valence-corrected chi connectivity index (χ0v) is 42.7. The molecule has 0 spiro atoms. The van der Waals surface area contributed by atoms with Gasteiger partial charge in [-0.05, 0) is 108 Å². The lowest BCUT2D eigenvalue weighted by atomic mass is 10.0. The minimum atomic E-state index is -1.62. The Morgan fingerprint density at radius 2 is 1.41 bits per heavy atom. The van der Waals surface area contributed by atoms with Crippen molar-refractivity contribution < 1.29 is 57.8 Å². The normalized spacial score (nSPS) is 15.9. The molecular weight excluding hydrogens is 998 g/mol. The third-order valence-electron chi connectivity index (χ3n) is 11.8. The number of carboxylic acids is 1. The van der Waals surface area contributed by atoms with Gasteiger partial charge in [-0.2, -0.15) is 0 Å². The molecule has 29 heteroatoms. The highest BCUT2D eigenvalue weighted by molar-refractivity contribution is 6.40. The quantitative estimate of drug-likeness (QED) is 0.0130. The molecule has 0 saturated carbocycles. The van der Waals surface area contributed by atoms with Crippen molar-refractivity contribution in [3.63, 3.8) is 0 Å². The van der Waals surface area contributed by atoms with Crippen LogP contribution in [-0.4, -0.2) is 175 Å². The lowest BCUT2D eigenvalue weighted by Gasteiger charge is -2.28. The van der Waals surface area contributed by atoms with Crippen LogP contribution in [0.25, 0.3) is 0 Å². The molecule has 8 amide bonds. The Balaban J connectivity index is 2.35. The first-order chi connectivity index (χ1) is 36.2. The maximum absolute atomic E-state index is 15.1. The molecule has 0 unspecified atom stereocenters. The number of nitrogens with one attached hydrogen (secondary N) is 6. The number of nitrogens with zero attached hydrogens (tertiary/aromatic N) is 3. The standard InChI is InChI=1S/C47H78FN17O11/c48-28-11-2-1-10-27(28)24-34(42(71)60-30(13-4-6-19-50)41(70)62-33(46(75)76)15-8-22-57-47(55)56)63-43(72)35-16-9-23-65(35)45(74)32(14-7-20-51)59-37(67)26-58-40(69)31(17-21-52)61-44(73)38(36(66)25-53)64-39(68)29(54)12-3-5-18-49/h1-2,10-11,15,29-31,34-36,38,66H,3-9,12-14,16-26,49-54H2,(H,58,69)(H,60,71)(H,61,73)(H,62,70)(H,63,72)(H,64,68)(H,75,76)(H4,55,56,57)/b33-15-,59-32?/t29-,30-,31-,34-,35-,36-,38-/m0/s1. The second-order valence-corrected chi connectivity index (χ2v) is 17.7. The number of carbonyl (C=O) groups excluding carboxylic acids is 8. The summed E-state index contributed by atoms with van der Waals surface area (Å²) in [5.74, 6) is -9.67. The second kappa shape index (κ2) is 35.3. The maximum atomic E-state index is 15.1. The van der Waals surface area contributed by atoms with Gasteiger partial charge in [0.15, 0.2) is 5.96 Å². The first-order valence-electron chi connectivity index (χ1n) is 25.1. The minimum absolute atomic E-state index is 0.00340. The summed E-state index contributed by atoms with van der Waals surface area (Å²) in [6.45, 7) is -0.677. The van der Waals surface area contributed by atoms with Crippen molar-refractivity contribution in [1.82, 2.24) is 36.8 Å². The van der Waals surface area contributed by atoms with Crippen LogP contribution in [0.4, 0.5) is 4.39 Å². The summed E-state index contributed by atoms with van der Waals surface area (Å²) in [7, 11) is 0. The number of guanidine groups is 1. The van der Waals surface area contributed by atoms with E-state index in [0.717, 1.165) is 11.0 Å². The fraction of sp³-hybridized carbons (Fsp3) is 0.596. The molecule has 1 heterocycles. The van der Waals surface area contributed by atoms with Gasteiger partial charge in [0.05, 0.1) is 18.7 Å². The van der Waals surface area contributed by atoms with Gasteiger partial charge in [-0.15, -0.1) is 0 Å². The first-order valence-corrected chi connectivity index (χ1v) is 25.1. The molecular formula is C47H78FN17O11. The van der Waals surface area contributed by atoms with Gasteiger partial charge in [-0.3, -0.25) is 43.3 Å². The number of rotatable bonds is 35. The average Bonchev–Trinajstić information content (AvgIpc) is 3.89. The SMILES string of the molecule is NCCCC[C@H](NC(=O)[C@H](Cc1ccccc1F)NC(=O)[C@@H]1CCCN1C(=O)C(CCCN)=NC(=O)CNC(=O)[C@H](CCN)NC(=O)[C@@H](NC(=O)[C@@H](N)CCCCN)[C@@H](O)CN)C(=O)N/C(=C\CCN=C(N)N)C(=O)O. The number of amides is 8. The average molecular weight is 1080 g/mol.